The average molecular weight is 529 g/mol. The van der Waals surface area contributed by atoms with E-state index in [-0.39, 0.29) is 17.6 Å². The first-order chi connectivity index (χ1) is 17.0. The molecule has 0 unspecified atom stereocenters. The lowest BCUT2D eigenvalue weighted by atomic mass is 9.83. The molecule has 0 N–H and O–H groups in total. The molecule has 2 fully saturated rings. The summed E-state index contributed by atoms with van der Waals surface area (Å²) in [5, 5.41) is 0. The third-order valence-electron chi connectivity index (χ3n) is 7.19. The highest BCUT2D eigenvalue weighted by atomic mass is 79.9. The van der Waals surface area contributed by atoms with Crippen molar-refractivity contribution in [3.8, 4) is 5.75 Å². The number of benzene rings is 3. The Balaban J connectivity index is 1.47. The largest absolute Gasteiger partial charge is 0.497 e. The molecule has 4 atom stereocenters. The second kappa shape index (κ2) is 8.20. The lowest BCUT2D eigenvalue weighted by Crippen LogP contribution is -2.44. The monoisotopic (exact) mass is 528 g/mol. The number of hydrogen-bond donors (Lipinski definition) is 0. The van der Waals surface area contributed by atoms with Gasteiger partial charge in [-0.15, -0.1) is 0 Å². The molecular weight excluding hydrogens is 508 g/mol. The molecule has 6 rings (SSSR count). The molecule has 7 heteroatoms. The number of carbonyl (C=O) groups is 3. The molecule has 174 valence electrons. The van der Waals surface area contributed by atoms with Gasteiger partial charge >= 0.3 is 0 Å². The maximum atomic E-state index is 13.9. The zero-order chi connectivity index (χ0) is 24.3. The number of nitrogens with zero attached hydrogens (tertiary/aromatic N) is 2. The number of carbonyl (C=O) groups excluding carboxylic acids is 3. The fourth-order valence-corrected chi connectivity index (χ4v) is 5.89. The number of ether oxygens (including phenoxy) is 1. The SMILES string of the molecule is COc1ccc(C(=O)[C@H]2[C@H]3C(=O)N(c4ccc(Br)cc4)C(=O)[C@@H]3[C@H]3c4ccccc4C=CN32)cc1. The van der Waals surface area contributed by atoms with Crippen molar-refractivity contribution in [1.82, 2.24) is 4.90 Å². The second-order valence-corrected chi connectivity index (χ2v) is 9.83. The maximum Gasteiger partial charge on any atom is 0.240 e. The van der Waals surface area contributed by atoms with E-state index in [1.165, 1.54) is 4.90 Å². The standard InChI is InChI=1S/C28H21BrN2O4/c1-35-20-12-6-17(7-13-20)26(32)25-23-22(24-21-5-3-2-4-16(21)14-15-30(24)25)27(33)31(28(23)34)19-10-8-18(29)9-11-19/h2-15,22-25H,1H3/t22-,23-,24+,25+/m0/s1. The van der Waals surface area contributed by atoms with Gasteiger partial charge in [0.05, 0.1) is 30.7 Å². The summed E-state index contributed by atoms with van der Waals surface area (Å²) in [6.07, 6.45) is 3.81. The third kappa shape index (κ3) is 3.26. The summed E-state index contributed by atoms with van der Waals surface area (Å²) in [7, 11) is 1.57. The van der Waals surface area contributed by atoms with Gasteiger partial charge in [0, 0.05) is 16.2 Å². The molecule has 3 aromatic rings. The number of halogens is 1. The summed E-state index contributed by atoms with van der Waals surface area (Å²) >= 11 is 3.40. The van der Waals surface area contributed by atoms with E-state index in [9.17, 15) is 14.4 Å². The fraction of sp³-hybridized carbons (Fsp3) is 0.179. The van der Waals surface area contributed by atoms with Crippen molar-refractivity contribution in [2.75, 3.05) is 12.0 Å². The first-order valence-corrected chi connectivity index (χ1v) is 12.1. The Morgan fingerprint density at radius 3 is 2.29 bits per heavy atom. The smallest absolute Gasteiger partial charge is 0.240 e. The molecule has 35 heavy (non-hydrogen) atoms. The van der Waals surface area contributed by atoms with Gasteiger partial charge in [0.2, 0.25) is 11.8 Å². The molecule has 0 spiro atoms. The maximum absolute atomic E-state index is 13.9. The first kappa shape index (κ1) is 21.8. The lowest BCUT2D eigenvalue weighted by molar-refractivity contribution is -0.123. The van der Waals surface area contributed by atoms with E-state index in [0.29, 0.717) is 17.0 Å². The van der Waals surface area contributed by atoms with E-state index in [1.807, 2.05) is 41.4 Å². The van der Waals surface area contributed by atoms with Crippen LogP contribution in [0.25, 0.3) is 6.08 Å². The molecule has 2 saturated heterocycles. The molecule has 0 aromatic heterocycles. The Labute approximate surface area is 210 Å². The van der Waals surface area contributed by atoms with Crippen molar-refractivity contribution in [2.45, 2.75) is 12.1 Å². The van der Waals surface area contributed by atoms with Crippen molar-refractivity contribution in [3.63, 3.8) is 0 Å². The zero-order valence-electron chi connectivity index (χ0n) is 18.8. The van der Waals surface area contributed by atoms with Gasteiger partial charge in [-0.2, -0.15) is 0 Å². The van der Waals surface area contributed by atoms with Gasteiger partial charge in [0.25, 0.3) is 0 Å². The van der Waals surface area contributed by atoms with Gasteiger partial charge in [-0.05, 0) is 65.7 Å². The van der Waals surface area contributed by atoms with Crippen molar-refractivity contribution in [1.29, 1.82) is 0 Å². The van der Waals surface area contributed by atoms with Gasteiger partial charge in [-0.3, -0.25) is 14.4 Å². The van der Waals surface area contributed by atoms with Gasteiger partial charge in [-0.1, -0.05) is 40.2 Å². The number of Topliss-reactive ketones (excluding diaryl/α,β-unsaturated/α-hetero) is 1. The van der Waals surface area contributed by atoms with Crippen LogP contribution in [-0.2, 0) is 9.59 Å². The summed E-state index contributed by atoms with van der Waals surface area (Å²) in [6, 6.07) is 20.6. The summed E-state index contributed by atoms with van der Waals surface area (Å²) in [5.41, 5.74) is 2.94. The Morgan fingerprint density at radius 2 is 1.57 bits per heavy atom. The van der Waals surface area contributed by atoms with Crippen LogP contribution in [0.2, 0.25) is 0 Å². The summed E-state index contributed by atoms with van der Waals surface area (Å²) in [6.45, 7) is 0. The van der Waals surface area contributed by atoms with E-state index >= 15 is 0 Å². The normalized spacial score (nSPS) is 24.3. The number of rotatable bonds is 4. The molecule has 0 aliphatic carbocycles. The first-order valence-electron chi connectivity index (χ1n) is 11.4. The molecule has 6 nitrogen and oxygen atoms in total. The van der Waals surface area contributed by atoms with Crippen LogP contribution in [-0.4, -0.2) is 35.6 Å². The van der Waals surface area contributed by atoms with E-state index < -0.39 is 23.9 Å². The summed E-state index contributed by atoms with van der Waals surface area (Å²) < 4.78 is 6.08. The zero-order valence-corrected chi connectivity index (χ0v) is 20.4. The Morgan fingerprint density at radius 1 is 0.886 bits per heavy atom. The summed E-state index contributed by atoms with van der Waals surface area (Å²) in [4.78, 5) is 44.8. The minimum atomic E-state index is -0.792. The van der Waals surface area contributed by atoms with Crippen LogP contribution >= 0.6 is 15.9 Å². The number of methoxy groups -OCH3 is 1. The highest BCUT2D eigenvalue weighted by Crippen LogP contribution is 2.53. The minimum absolute atomic E-state index is 0.187. The molecular formula is C28H21BrN2O4. The number of hydrogen-bond acceptors (Lipinski definition) is 5. The molecule has 3 aromatic carbocycles. The quantitative estimate of drug-likeness (QED) is 0.357. The Hall–Kier alpha value is -3.71. The van der Waals surface area contributed by atoms with Crippen molar-refractivity contribution >= 4 is 45.3 Å². The number of ketones is 1. The molecule has 0 saturated carbocycles. The van der Waals surface area contributed by atoms with Crippen molar-refractivity contribution in [2.24, 2.45) is 11.8 Å². The van der Waals surface area contributed by atoms with E-state index in [4.69, 9.17) is 4.74 Å². The number of anilines is 1. The molecule has 3 heterocycles. The van der Waals surface area contributed by atoms with Crippen LogP contribution in [0.5, 0.6) is 5.75 Å². The van der Waals surface area contributed by atoms with Crippen LogP contribution in [0.1, 0.15) is 27.5 Å². The van der Waals surface area contributed by atoms with E-state index in [2.05, 4.69) is 15.9 Å². The Bertz CT molecular complexity index is 1380. The lowest BCUT2D eigenvalue weighted by Gasteiger charge is -2.35. The van der Waals surface area contributed by atoms with Crippen molar-refractivity contribution < 1.29 is 19.1 Å². The molecule has 3 aliphatic rings. The van der Waals surface area contributed by atoms with Crippen molar-refractivity contribution in [3.05, 3.63) is 100 Å². The van der Waals surface area contributed by atoms with Gasteiger partial charge in [0.15, 0.2) is 5.78 Å². The van der Waals surface area contributed by atoms with Crippen LogP contribution in [0.15, 0.2) is 83.5 Å². The molecule has 0 bridgehead atoms. The number of imide groups is 1. The highest BCUT2D eigenvalue weighted by Gasteiger charge is 2.64. The predicted molar refractivity (Wildman–Crippen MR) is 135 cm³/mol. The van der Waals surface area contributed by atoms with Gasteiger partial charge < -0.3 is 9.64 Å². The number of amides is 2. The van der Waals surface area contributed by atoms with Crippen LogP contribution in [0.3, 0.4) is 0 Å². The molecule has 0 radical (unpaired) electrons. The predicted octanol–water partition coefficient (Wildman–Crippen LogP) is 4.86. The molecule has 2 amide bonds. The number of fused-ring (bicyclic) bond motifs is 5. The highest BCUT2D eigenvalue weighted by molar-refractivity contribution is 9.10. The van der Waals surface area contributed by atoms with Crippen LogP contribution < -0.4 is 9.64 Å². The summed E-state index contributed by atoms with van der Waals surface area (Å²) in [5.74, 6) is -1.61. The van der Waals surface area contributed by atoms with Crippen LogP contribution in [0.4, 0.5) is 5.69 Å². The molecule has 3 aliphatic heterocycles. The second-order valence-electron chi connectivity index (χ2n) is 8.91. The fourth-order valence-electron chi connectivity index (χ4n) is 5.63. The Kier molecular flexibility index (Phi) is 5.11. The topological polar surface area (TPSA) is 66.9 Å². The van der Waals surface area contributed by atoms with Gasteiger partial charge in [-0.25, -0.2) is 4.90 Å². The van der Waals surface area contributed by atoms with E-state index in [0.717, 1.165) is 15.6 Å². The van der Waals surface area contributed by atoms with Gasteiger partial charge in [0.1, 0.15) is 11.8 Å². The van der Waals surface area contributed by atoms with E-state index in [1.54, 1.807) is 55.6 Å². The van der Waals surface area contributed by atoms with Crippen LogP contribution in [0, 0.1) is 11.8 Å². The minimum Gasteiger partial charge on any atom is -0.497 e. The average Bonchev–Trinajstić information content (AvgIpc) is 3.37. The third-order valence-corrected chi connectivity index (χ3v) is 7.72.